The van der Waals surface area contributed by atoms with E-state index in [1.807, 2.05) is 0 Å². The predicted molar refractivity (Wildman–Crippen MR) is 81.1 cm³/mol. The number of rotatable bonds is 5. The molecule has 8 heteroatoms. The number of primary amides is 1. The molecule has 0 radical (unpaired) electrons. The lowest BCUT2D eigenvalue weighted by molar-refractivity contribution is -0.127. The number of carbonyl (C=O) groups excluding carboxylic acids is 3. The van der Waals surface area contributed by atoms with Crippen LogP contribution in [0.3, 0.4) is 0 Å². The highest BCUT2D eigenvalue weighted by atomic mass is 32.2. The molecule has 0 bridgehead atoms. The van der Waals surface area contributed by atoms with E-state index in [0.29, 0.717) is 23.9 Å². The molecule has 3 amide bonds. The summed E-state index contributed by atoms with van der Waals surface area (Å²) in [5.41, 5.74) is 5.34. The van der Waals surface area contributed by atoms with E-state index in [4.69, 9.17) is 10.5 Å². The van der Waals surface area contributed by atoms with E-state index in [-0.39, 0.29) is 16.4 Å². The number of ether oxygens (including phenoxy) is 1. The summed E-state index contributed by atoms with van der Waals surface area (Å²) in [5.74, 6) is -1.22. The maximum absolute atomic E-state index is 12.1. The summed E-state index contributed by atoms with van der Waals surface area (Å²) in [4.78, 5) is 35.5. The highest BCUT2D eigenvalue weighted by Crippen LogP contribution is 2.36. The molecule has 1 fully saturated rings. The van der Waals surface area contributed by atoms with Crippen LogP contribution < -0.4 is 10.5 Å². The Hall–Kier alpha value is -2.48. The van der Waals surface area contributed by atoms with E-state index < -0.39 is 23.6 Å². The second-order valence-corrected chi connectivity index (χ2v) is 5.35. The van der Waals surface area contributed by atoms with Crippen LogP contribution in [0.5, 0.6) is 11.5 Å². The molecule has 1 aliphatic heterocycles. The molecule has 7 nitrogen and oxygen atoms in total. The number of nitrogens with zero attached hydrogens (tertiary/aromatic N) is 1. The quantitative estimate of drug-likeness (QED) is 0.791. The van der Waals surface area contributed by atoms with E-state index in [0.717, 1.165) is 4.90 Å². The van der Waals surface area contributed by atoms with Gasteiger partial charge in [-0.15, -0.1) is 0 Å². The summed E-state index contributed by atoms with van der Waals surface area (Å²) in [6.07, 6.45) is 1.38. The van der Waals surface area contributed by atoms with Gasteiger partial charge in [0.1, 0.15) is 6.54 Å². The smallest absolute Gasteiger partial charge is 0.294 e. The zero-order valence-corrected chi connectivity index (χ0v) is 12.6. The number of hydrogen-bond donors (Lipinski definition) is 2. The molecule has 22 heavy (non-hydrogen) atoms. The Morgan fingerprint density at radius 2 is 2.18 bits per heavy atom. The number of phenolic OH excluding ortho intramolecular Hbond substituents is 1. The zero-order chi connectivity index (χ0) is 16.3. The second-order valence-electron chi connectivity index (χ2n) is 4.36. The Labute approximate surface area is 130 Å². The number of benzene rings is 1. The first kappa shape index (κ1) is 15.9. The van der Waals surface area contributed by atoms with E-state index in [9.17, 15) is 19.5 Å². The van der Waals surface area contributed by atoms with Crippen molar-refractivity contribution < 1.29 is 24.2 Å². The summed E-state index contributed by atoms with van der Waals surface area (Å²) in [6, 6.07) is 4.83. The summed E-state index contributed by atoms with van der Waals surface area (Å²) < 4.78 is 5.25. The fourth-order valence-corrected chi connectivity index (χ4v) is 2.69. The van der Waals surface area contributed by atoms with Crippen LogP contribution in [-0.2, 0) is 9.59 Å². The van der Waals surface area contributed by atoms with Crippen LogP contribution in [0.25, 0.3) is 6.08 Å². The summed E-state index contributed by atoms with van der Waals surface area (Å²) in [5, 5.41) is 9.51. The standard InChI is InChI=1S/C14H14N2O5S/c1-2-21-9-5-3-4-8(12(9)18)6-10-13(19)16(7-11(15)17)14(20)22-10/h3-6,18H,2,7H2,1H3,(H2,15,17)/b10-6-. The molecular weight excluding hydrogens is 308 g/mol. The van der Waals surface area contributed by atoms with E-state index in [2.05, 4.69) is 0 Å². The number of carbonyl (C=O) groups is 3. The molecule has 0 aromatic heterocycles. The molecule has 1 heterocycles. The Kier molecular flexibility index (Phi) is 4.71. The minimum atomic E-state index is -0.773. The molecule has 1 saturated heterocycles. The monoisotopic (exact) mass is 322 g/mol. The van der Waals surface area contributed by atoms with Gasteiger partial charge >= 0.3 is 0 Å². The third-order valence-electron chi connectivity index (χ3n) is 2.80. The molecule has 0 spiro atoms. The lowest BCUT2D eigenvalue weighted by atomic mass is 10.1. The zero-order valence-electron chi connectivity index (χ0n) is 11.7. The van der Waals surface area contributed by atoms with Gasteiger partial charge in [0.25, 0.3) is 11.1 Å². The molecule has 0 unspecified atom stereocenters. The maximum atomic E-state index is 12.1. The van der Waals surface area contributed by atoms with E-state index in [1.165, 1.54) is 6.08 Å². The first-order valence-corrected chi connectivity index (χ1v) is 7.24. The maximum Gasteiger partial charge on any atom is 0.294 e. The first-order chi connectivity index (χ1) is 10.4. The van der Waals surface area contributed by atoms with Gasteiger partial charge in [0.05, 0.1) is 11.5 Å². The van der Waals surface area contributed by atoms with Gasteiger partial charge in [-0.05, 0) is 30.8 Å². The van der Waals surface area contributed by atoms with Gasteiger partial charge in [0.2, 0.25) is 5.91 Å². The fraction of sp³-hybridized carbons (Fsp3) is 0.214. The topological polar surface area (TPSA) is 110 Å². The van der Waals surface area contributed by atoms with Crippen molar-refractivity contribution in [3.05, 3.63) is 28.7 Å². The van der Waals surface area contributed by atoms with Crippen molar-refractivity contribution in [2.45, 2.75) is 6.92 Å². The van der Waals surface area contributed by atoms with Crippen molar-refractivity contribution in [1.29, 1.82) is 0 Å². The number of phenols is 1. The van der Waals surface area contributed by atoms with Gasteiger partial charge < -0.3 is 15.6 Å². The number of imide groups is 1. The summed E-state index contributed by atoms with van der Waals surface area (Å²) >= 11 is 0.685. The van der Waals surface area contributed by atoms with Crippen LogP contribution in [0, 0.1) is 0 Å². The van der Waals surface area contributed by atoms with Crippen LogP contribution in [0.1, 0.15) is 12.5 Å². The minimum Gasteiger partial charge on any atom is -0.504 e. The van der Waals surface area contributed by atoms with Crippen LogP contribution in [-0.4, -0.2) is 40.2 Å². The normalized spacial score (nSPS) is 16.4. The van der Waals surface area contributed by atoms with Crippen LogP contribution in [0.2, 0.25) is 0 Å². The number of nitrogens with two attached hydrogens (primary N) is 1. The Morgan fingerprint density at radius 1 is 1.45 bits per heavy atom. The lowest BCUT2D eigenvalue weighted by Gasteiger charge is -2.09. The van der Waals surface area contributed by atoms with Crippen molar-refractivity contribution in [2.24, 2.45) is 5.73 Å². The molecule has 2 rings (SSSR count). The van der Waals surface area contributed by atoms with Crippen molar-refractivity contribution in [1.82, 2.24) is 4.90 Å². The third kappa shape index (κ3) is 3.22. The average molecular weight is 322 g/mol. The Morgan fingerprint density at radius 3 is 2.82 bits per heavy atom. The van der Waals surface area contributed by atoms with Crippen LogP contribution >= 0.6 is 11.8 Å². The van der Waals surface area contributed by atoms with Crippen molar-refractivity contribution in [3.63, 3.8) is 0 Å². The highest BCUT2D eigenvalue weighted by molar-refractivity contribution is 8.18. The van der Waals surface area contributed by atoms with Crippen LogP contribution in [0.15, 0.2) is 23.1 Å². The van der Waals surface area contributed by atoms with Crippen LogP contribution in [0.4, 0.5) is 4.79 Å². The van der Waals surface area contributed by atoms with Gasteiger partial charge in [-0.25, -0.2) is 0 Å². The summed E-state index contributed by atoms with van der Waals surface area (Å²) in [7, 11) is 0. The third-order valence-corrected chi connectivity index (χ3v) is 3.71. The molecular formula is C14H14N2O5S. The Bertz CT molecular complexity index is 671. The molecule has 1 aliphatic rings. The number of thioether (sulfide) groups is 1. The van der Waals surface area contributed by atoms with Gasteiger partial charge in [0.15, 0.2) is 11.5 Å². The molecule has 0 saturated carbocycles. The van der Waals surface area contributed by atoms with Gasteiger partial charge in [-0.2, -0.15) is 0 Å². The van der Waals surface area contributed by atoms with Gasteiger partial charge in [0, 0.05) is 5.56 Å². The van der Waals surface area contributed by atoms with Crippen molar-refractivity contribution in [2.75, 3.05) is 13.2 Å². The van der Waals surface area contributed by atoms with Gasteiger partial charge in [-0.3, -0.25) is 19.3 Å². The van der Waals surface area contributed by atoms with E-state index >= 15 is 0 Å². The Balaban J connectivity index is 2.31. The van der Waals surface area contributed by atoms with Gasteiger partial charge in [-0.1, -0.05) is 12.1 Å². The second kappa shape index (κ2) is 6.52. The molecule has 0 atom stereocenters. The van der Waals surface area contributed by atoms with Crippen molar-refractivity contribution in [3.8, 4) is 11.5 Å². The number of para-hydroxylation sites is 1. The SMILES string of the molecule is CCOc1cccc(/C=C2\SC(=O)N(CC(N)=O)C2=O)c1O. The molecule has 0 aliphatic carbocycles. The molecule has 1 aromatic rings. The molecule has 1 aromatic carbocycles. The largest absolute Gasteiger partial charge is 0.504 e. The minimum absolute atomic E-state index is 0.107. The molecule has 116 valence electrons. The fourth-order valence-electron chi connectivity index (χ4n) is 1.86. The first-order valence-electron chi connectivity index (χ1n) is 6.42. The number of hydrogen-bond acceptors (Lipinski definition) is 6. The number of amides is 3. The van der Waals surface area contributed by atoms with E-state index in [1.54, 1.807) is 25.1 Å². The molecule has 3 N–H and O–H groups in total. The average Bonchev–Trinajstić information content (AvgIpc) is 2.71. The number of aromatic hydroxyl groups is 1. The summed E-state index contributed by atoms with van der Waals surface area (Å²) in [6.45, 7) is 1.69. The predicted octanol–water partition coefficient (Wildman–Crippen LogP) is 1.31. The lowest BCUT2D eigenvalue weighted by Crippen LogP contribution is -2.36. The highest BCUT2D eigenvalue weighted by Gasteiger charge is 2.36. The van der Waals surface area contributed by atoms with Crippen molar-refractivity contribution >= 4 is 34.9 Å².